The smallest absolute Gasteiger partial charge is 0.329 e. The molecule has 102 valence electrons. The molecular weight excluding hydrogens is 250 g/mol. The van der Waals surface area contributed by atoms with E-state index in [0.717, 1.165) is 6.07 Å². The summed E-state index contributed by atoms with van der Waals surface area (Å²) in [5.74, 6) is -2.22. The van der Waals surface area contributed by atoms with E-state index in [1.54, 1.807) is 0 Å². The topological polar surface area (TPSA) is 98.1 Å². The fraction of sp³-hybridized carbons (Fsp3) is 0.385. The van der Waals surface area contributed by atoms with Crippen molar-refractivity contribution in [1.29, 1.82) is 0 Å². The molecule has 1 aliphatic rings. The molecule has 3 N–H and O–H groups in total. The fourth-order valence-electron chi connectivity index (χ4n) is 2.32. The fourth-order valence-corrected chi connectivity index (χ4v) is 2.32. The first-order valence-corrected chi connectivity index (χ1v) is 5.93. The van der Waals surface area contributed by atoms with Crippen molar-refractivity contribution in [2.45, 2.75) is 25.3 Å². The average molecular weight is 265 g/mol. The number of phenols is 2. The van der Waals surface area contributed by atoms with Crippen molar-refractivity contribution in [2.24, 2.45) is 0 Å². The minimum atomic E-state index is -1.22. The summed E-state index contributed by atoms with van der Waals surface area (Å²) < 4.78 is 0. The predicted molar refractivity (Wildman–Crippen MR) is 66.1 cm³/mol. The maximum atomic E-state index is 12.3. The standard InChI is InChI=1S/C13H15NO5/c1-13(12(18)19)5-2-6-14(13)11(17)8-3-4-9(15)10(16)7-8/h3-4,7,15-16H,2,5-6H2,1H3,(H,18,19). The molecule has 2 rings (SSSR count). The summed E-state index contributed by atoms with van der Waals surface area (Å²) in [7, 11) is 0. The van der Waals surface area contributed by atoms with Gasteiger partial charge in [-0.3, -0.25) is 4.79 Å². The zero-order chi connectivity index (χ0) is 14.2. The first-order chi connectivity index (χ1) is 8.86. The Morgan fingerprint density at radius 3 is 2.53 bits per heavy atom. The van der Waals surface area contributed by atoms with Crippen LogP contribution in [-0.4, -0.2) is 44.2 Å². The quantitative estimate of drug-likeness (QED) is 0.697. The number of carbonyl (C=O) groups is 2. The zero-order valence-corrected chi connectivity index (χ0v) is 10.5. The molecule has 0 aromatic heterocycles. The molecule has 1 fully saturated rings. The van der Waals surface area contributed by atoms with Crippen LogP contribution in [0.25, 0.3) is 0 Å². The molecule has 1 aromatic rings. The van der Waals surface area contributed by atoms with Gasteiger partial charge in [0.2, 0.25) is 0 Å². The highest BCUT2D eigenvalue weighted by Crippen LogP contribution is 2.32. The molecule has 0 saturated carbocycles. The van der Waals surface area contributed by atoms with Gasteiger partial charge in [-0.25, -0.2) is 4.79 Å². The van der Waals surface area contributed by atoms with Crippen molar-refractivity contribution in [3.63, 3.8) is 0 Å². The number of hydrogen-bond donors (Lipinski definition) is 3. The van der Waals surface area contributed by atoms with E-state index in [1.165, 1.54) is 24.0 Å². The third-order valence-electron chi connectivity index (χ3n) is 3.57. The van der Waals surface area contributed by atoms with Crippen LogP contribution in [0, 0.1) is 0 Å². The molecule has 0 spiro atoms. The van der Waals surface area contributed by atoms with Crippen LogP contribution in [0.5, 0.6) is 11.5 Å². The number of nitrogens with zero attached hydrogens (tertiary/aromatic N) is 1. The summed E-state index contributed by atoms with van der Waals surface area (Å²) >= 11 is 0. The second-order valence-corrected chi connectivity index (χ2v) is 4.84. The number of rotatable bonds is 2. The number of likely N-dealkylation sites (tertiary alicyclic amines) is 1. The van der Waals surface area contributed by atoms with Gasteiger partial charge in [0.25, 0.3) is 5.91 Å². The molecule has 0 aliphatic carbocycles. The van der Waals surface area contributed by atoms with Crippen LogP contribution < -0.4 is 0 Å². The van der Waals surface area contributed by atoms with E-state index in [4.69, 9.17) is 0 Å². The van der Waals surface area contributed by atoms with Crippen LogP contribution in [0.1, 0.15) is 30.1 Å². The summed E-state index contributed by atoms with van der Waals surface area (Å²) in [5, 5.41) is 27.9. The molecule has 1 saturated heterocycles. The van der Waals surface area contributed by atoms with Crippen LogP contribution >= 0.6 is 0 Å². The maximum absolute atomic E-state index is 12.3. The van der Waals surface area contributed by atoms with Gasteiger partial charge in [0.15, 0.2) is 11.5 Å². The molecule has 1 unspecified atom stereocenters. The van der Waals surface area contributed by atoms with Crippen LogP contribution in [-0.2, 0) is 4.79 Å². The van der Waals surface area contributed by atoms with Crippen molar-refractivity contribution in [2.75, 3.05) is 6.54 Å². The third kappa shape index (κ3) is 2.09. The average Bonchev–Trinajstić information content (AvgIpc) is 2.75. The summed E-state index contributed by atoms with van der Waals surface area (Å²) in [6.07, 6.45) is 1.02. The molecule has 1 aromatic carbocycles. The normalized spacial score (nSPS) is 22.5. The van der Waals surface area contributed by atoms with E-state index >= 15 is 0 Å². The largest absolute Gasteiger partial charge is 0.504 e. The molecule has 19 heavy (non-hydrogen) atoms. The highest BCUT2D eigenvalue weighted by Gasteiger charge is 2.46. The lowest BCUT2D eigenvalue weighted by atomic mass is 9.98. The number of benzene rings is 1. The van der Waals surface area contributed by atoms with Crippen LogP contribution in [0.2, 0.25) is 0 Å². The van der Waals surface area contributed by atoms with Crippen LogP contribution in [0.3, 0.4) is 0 Å². The molecular formula is C13H15NO5. The van der Waals surface area contributed by atoms with Crippen molar-refractivity contribution < 1.29 is 24.9 Å². The SMILES string of the molecule is CC1(C(=O)O)CCCN1C(=O)c1ccc(O)c(O)c1. The number of phenolic OH excluding ortho intramolecular Hbond substituents is 2. The lowest BCUT2D eigenvalue weighted by molar-refractivity contribution is -0.147. The minimum Gasteiger partial charge on any atom is -0.504 e. The Morgan fingerprint density at radius 1 is 1.26 bits per heavy atom. The maximum Gasteiger partial charge on any atom is 0.329 e. The summed E-state index contributed by atoms with van der Waals surface area (Å²) in [5.41, 5.74) is -1.06. The van der Waals surface area contributed by atoms with E-state index in [1.807, 2.05) is 0 Å². The molecule has 6 heteroatoms. The van der Waals surface area contributed by atoms with Gasteiger partial charge in [0.1, 0.15) is 5.54 Å². The number of carbonyl (C=O) groups excluding carboxylic acids is 1. The summed E-state index contributed by atoms with van der Waals surface area (Å²) in [6.45, 7) is 1.88. The van der Waals surface area contributed by atoms with E-state index in [-0.39, 0.29) is 11.3 Å². The Labute approximate surface area is 109 Å². The first kappa shape index (κ1) is 13.2. The Hall–Kier alpha value is -2.24. The number of carboxylic acids is 1. The second-order valence-electron chi connectivity index (χ2n) is 4.84. The van der Waals surface area contributed by atoms with Gasteiger partial charge < -0.3 is 20.2 Å². The Bertz CT molecular complexity index is 542. The second kappa shape index (κ2) is 4.46. The molecule has 0 bridgehead atoms. The molecule has 0 radical (unpaired) electrons. The Balaban J connectivity index is 2.33. The molecule has 1 heterocycles. The van der Waals surface area contributed by atoms with Gasteiger partial charge in [-0.05, 0) is 38.0 Å². The Morgan fingerprint density at radius 2 is 1.95 bits per heavy atom. The van der Waals surface area contributed by atoms with Gasteiger partial charge in [-0.2, -0.15) is 0 Å². The van der Waals surface area contributed by atoms with E-state index in [0.29, 0.717) is 19.4 Å². The zero-order valence-electron chi connectivity index (χ0n) is 10.5. The van der Waals surface area contributed by atoms with Crippen molar-refractivity contribution in [3.05, 3.63) is 23.8 Å². The summed E-state index contributed by atoms with van der Waals surface area (Å²) in [6, 6.07) is 3.70. The molecule has 6 nitrogen and oxygen atoms in total. The number of aromatic hydroxyl groups is 2. The van der Waals surface area contributed by atoms with E-state index in [2.05, 4.69) is 0 Å². The third-order valence-corrected chi connectivity index (χ3v) is 3.57. The predicted octanol–water partition coefficient (Wildman–Crippen LogP) is 1.18. The lowest BCUT2D eigenvalue weighted by Crippen LogP contribution is -2.50. The van der Waals surface area contributed by atoms with Gasteiger partial charge >= 0.3 is 5.97 Å². The van der Waals surface area contributed by atoms with Crippen LogP contribution in [0.4, 0.5) is 0 Å². The van der Waals surface area contributed by atoms with Crippen LogP contribution in [0.15, 0.2) is 18.2 Å². The van der Waals surface area contributed by atoms with Gasteiger partial charge in [0.05, 0.1) is 0 Å². The minimum absolute atomic E-state index is 0.157. The van der Waals surface area contributed by atoms with Crippen molar-refractivity contribution >= 4 is 11.9 Å². The van der Waals surface area contributed by atoms with Gasteiger partial charge in [0, 0.05) is 12.1 Å². The number of amides is 1. The monoisotopic (exact) mass is 265 g/mol. The van der Waals surface area contributed by atoms with Crippen molar-refractivity contribution in [1.82, 2.24) is 4.90 Å². The highest BCUT2D eigenvalue weighted by atomic mass is 16.4. The number of aliphatic carboxylic acids is 1. The molecule has 1 aliphatic heterocycles. The number of hydrogen-bond acceptors (Lipinski definition) is 4. The van der Waals surface area contributed by atoms with Gasteiger partial charge in [-0.1, -0.05) is 0 Å². The number of carboxylic acid groups (broad SMARTS) is 1. The van der Waals surface area contributed by atoms with E-state index in [9.17, 15) is 24.9 Å². The Kier molecular flexibility index (Phi) is 3.09. The first-order valence-electron chi connectivity index (χ1n) is 5.93. The lowest BCUT2D eigenvalue weighted by Gasteiger charge is -2.31. The summed E-state index contributed by atoms with van der Waals surface area (Å²) in [4.78, 5) is 24.9. The van der Waals surface area contributed by atoms with Crippen molar-refractivity contribution in [3.8, 4) is 11.5 Å². The van der Waals surface area contributed by atoms with E-state index < -0.39 is 23.2 Å². The highest BCUT2D eigenvalue weighted by molar-refractivity contribution is 5.98. The van der Waals surface area contributed by atoms with Gasteiger partial charge in [-0.15, -0.1) is 0 Å². The molecule has 1 amide bonds. The molecule has 1 atom stereocenters.